The van der Waals surface area contributed by atoms with Crippen molar-refractivity contribution in [2.75, 3.05) is 13.1 Å². The largest absolute Gasteiger partial charge is 0.355 e. The Bertz CT molecular complexity index is 395. The summed E-state index contributed by atoms with van der Waals surface area (Å²) in [5.74, 6) is 1.47. The van der Waals surface area contributed by atoms with Crippen molar-refractivity contribution in [1.82, 2.24) is 20.8 Å². The molecule has 0 saturated carbocycles. The minimum Gasteiger partial charge on any atom is -0.355 e. The average molecular weight is 305 g/mol. The minimum atomic E-state index is 0. The molecule has 116 valence electrons. The number of hydrogen-bond acceptors (Lipinski definition) is 5. The first-order chi connectivity index (χ1) is 9.02. The number of nitrogens with one attached hydrogen (secondary N) is 2. The van der Waals surface area contributed by atoms with Gasteiger partial charge in [-0.2, -0.15) is 4.98 Å². The number of carbonyl (C=O) groups is 1. The van der Waals surface area contributed by atoms with Crippen molar-refractivity contribution < 1.29 is 9.32 Å². The van der Waals surface area contributed by atoms with Gasteiger partial charge in [-0.3, -0.25) is 4.79 Å². The second-order valence-corrected chi connectivity index (χ2v) is 4.96. The van der Waals surface area contributed by atoms with E-state index in [1.807, 2.05) is 27.7 Å². The number of aromatic nitrogens is 2. The van der Waals surface area contributed by atoms with E-state index in [4.69, 9.17) is 4.52 Å². The first-order valence-corrected chi connectivity index (χ1v) is 6.85. The zero-order valence-electron chi connectivity index (χ0n) is 12.6. The summed E-state index contributed by atoms with van der Waals surface area (Å²) in [5.41, 5.74) is 0. The van der Waals surface area contributed by atoms with E-state index in [0.717, 1.165) is 6.54 Å². The fourth-order valence-corrected chi connectivity index (χ4v) is 1.60. The number of carbonyl (C=O) groups excluding carboxylic acids is 1. The predicted octanol–water partition coefficient (Wildman–Crippen LogP) is 1.66. The van der Waals surface area contributed by atoms with Crippen molar-refractivity contribution in [3.63, 3.8) is 0 Å². The number of aryl methyl sites for hydroxylation is 1. The van der Waals surface area contributed by atoms with E-state index in [1.165, 1.54) is 0 Å². The molecule has 7 heteroatoms. The number of amides is 1. The summed E-state index contributed by atoms with van der Waals surface area (Å²) in [6.45, 7) is 9.62. The quantitative estimate of drug-likeness (QED) is 0.763. The van der Waals surface area contributed by atoms with Gasteiger partial charge >= 0.3 is 0 Å². The Morgan fingerprint density at radius 3 is 2.60 bits per heavy atom. The molecule has 0 aliphatic heterocycles. The maximum absolute atomic E-state index is 11.6. The highest BCUT2D eigenvalue weighted by Gasteiger charge is 2.11. The molecule has 1 aromatic heterocycles. The molecule has 0 aliphatic carbocycles. The molecule has 1 atom stereocenters. The number of nitrogens with zero attached hydrogens (tertiary/aromatic N) is 2. The molecule has 0 fully saturated rings. The smallest absolute Gasteiger partial charge is 0.227 e. The molecule has 0 unspecified atom stereocenters. The van der Waals surface area contributed by atoms with Gasteiger partial charge in [0.05, 0.1) is 0 Å². The monoisotopic (exact) mass is 304 g/mol. The van der Waals surface area contributed by atoms with Gasteiger partial charge in [-0.15, -0.1) is 12.4 Å². The van der Waals surface area contributed by atoms with Crippen LogP contribution in [0.5, 0.6) is 0 Å². The molecule has 0 aliphatic rings. The van der Waals surface area contributed by atoms with Gasteiger partial charge in [0, 0.05) is 31.3 Å². The van der Waals surface area contributed by atoms with Crippen LogP contribution in [0, 0.1) is 0 Å². The predicted molar refractivity (Wildman–Crippen MR) is 80.1 cm³/mol. The van der Waals surface area contributed by atoms with Gasteiger partial charge in [-0.1, -0.05) is 25.9 Å². The molecule has 0 radical (unpaired) electrons. The third-order valence-electron chi connectivity index (χ3n) is 2.72. The van der Waals surface area contributed by atoms with Crippen LogP contribution < -0.4 is 10.6 Å². The van der Waals surface area contributed by atoms with Crippen LogP contribution in [0.3, 0.4) is 0 Å². The van der Waals surface area contributed by atoms with Crippen molar-refractivity contribution in [1.29, 1.82) is 0 Å². The lowest BCUT2D eigenvalue weighted by Gasteiger charge is -2.12. The highest BCUT2D eigenvalue weighted by Crippen LogP contribution is 2.10. The molecule has 0 aromatic carbocycles. The molecule has 1 amide bonds. The summed E-state index contributed by atoms with van der Waals surface area (Å²) in [5, 5.41) is 9.97. The van der Waals surface area contributed by atoms with Gasteiger partial charge in [0.25, 0.3) is 0 Å². The van der Waals surface area contributed by atoms with Gasteiger partial charge in [0.2, 0.25) is 11.8 Å². The molecule has 0 spiro atoms. The molecule has 1 heterocycles. The zero-order valence-corrected chi connectivity index (χ0v) is 13.4. The number of rotatable bonds is 8. The molecular weight excluding hydrogens is 280 g/mol. The molecule has 1 aromatic rings. The maximum Gasteiger partial charge on any atom is 0.227 e. The fraction of sp³-hybridized carbons (Fsp3) is 0.769. The van der Waals surface area contributed by atoms with Gasteiger partial charge < -0.3 is 15.2 Å². The molecule has 2 N–H and O–H groups in total. The number of likely N-dealkylation sites (N-methyl/N-ethyl adjacent to an activating group) is 1. The van der Waals surface area contributed by atoms with Crippen LogP contribution in [0.2, 0.25) is 0 Å². The van der Waals surface area contributed by atoms with Crippen molar-refractivity contribution in [3.05, 3.63) is 11.7 Å². The Kier molecular flexibility index (Phi) is 9.16. The van der Waals surface area contributed by atoms with Gasteiger partial charge in [0.15, 0.2) is 5.82 Å². The Morgan fingerprint density at radius 2 is 2.05 bits per heavy atom. The highest BCUT2D eigenvalue weighted by molar-refractivity contribution is 5.85. The number of hydrogen-bond donors (Lipinski definition) is 2. The average Bonchev–Trinajstić information content (AvgIpc) is 2.83. The number of halogens is 1. The molecular formula is C13H25ClN4O2. The third kappa shape index (κ3) is 6.86. The van der Waals surface area contributed by atoms with Crippen LogP contribution in [0.25, 0.3) is 0 Å². The Labute approximate surface area is 126 Å². The molecule has 1 rings (SSSR count). The summed E-state index contributed by atoms with van der Waals surface area (Å²) in [6, 6.07) is 0.282. The van der Waals surface area contributed by atoms with Crippen LogP contribution in [0.4, 0.5) is 0 Å². The first kappa shape index (κ1) is 18.9. The van der Waals surface area contributed by atoms with Crippen LogP contribution >= 0.6 is 12.4 Å². The normalized spacial score (nSPS) is 12.1. The van der Waals surface area contributed by atoms with Crippen LogP contribution in [-0.4, -0.2) is 35.2 Å². The van der Waals surface area contributed by atoms with Crippen molar-refractivity contribution >= 4 is 18.3 Å². The summed E-state index contributed by atoms with van der Waals surface area (Å²) in [4.78, 5) is 15.9. The summed E-state index contributed by atoms with van der Waals surface area (Å²) < 4.78 is 5.09. The molecule has 20 heavy (non-hydrogen) atoms. The Balaban J connectivity index is 0.00000361. The molecule has 0 bridgehead atoms. The van der Waals surface area contributed by atoms with Crippen LogP contribution in [0.15, 0.2) is 4.52 Å². The fourth-order valence-electron chi connectivity index (χ4n) is 1.60. The second kappa shape index (κ2) is 9.72. The highest BCUT2D eigenvalue weighted by atomic mass is 35.5. The summed E-state index contributed by atoms with van der Waals surface area (Å²) in [7, 11) is 0. The lowest BCUT2D eigenvalue weighted by atomic mass is 10.2. The summed E-state index contributed by atoms with van der Waals surface area (Å²) >= 11 is 0. The third-order valence-corrected chi connectivity index (χ3v) is 2.72. The van der Waals surface area contributed by atoms with Gasteiger partial charge in [0.1, 0.15) is 0 Å². The van der Waals surface area contributed by atoms with E-state index >= 15 is 0 Å². The Hall–Kier alpha value is -1.14. The van der Waals surface area contributed by atoms with Gasteiger partial charge in [-0.05, 0) is 13.5 Å². The maximum atomic E-state index is 11.6. The van der Waals surface area contributed by atoms with E-state index in [0.29, 0.717) is 31.1 Å². The first-order valence-electron chi connectivity index (χ1n) is 6.85. The standard InChI is InChI=1S/C13H24N4O2.ClH/c1-5-14-10(4)8-15-11(18)6-7-12-16-13(9(2)3)17-19-12;/h9-10,14H,5-8H2,1-4H3,(H,15,18);1H/t10-;/m1./s1. The van der Waals surface area contributed by atoms with E-state index in [-0.39, 0.29) is 30.3 Å². The molecule has 0 saturated heterocycles. The van der Waals surface area contributed by atoms with Crippen molar-refractivity contribution in [2.45, 2.75) is 52.5 Å². The van der Waals surface area contributed by atoms with E-state index in [1.54, 1.807) is 0 Å². The van der Waals surface area contributed by atoms with Crippen LogP contribution in [0.1, 0.15) is 51.7 Å². The Morgan fingerprint density at radius 1 is 1.35 bits per heavy atom. The van der Waals surface area contributed by atoms with Crippen molar-refractivity contribution in [3.8, 4) is 0 Å². The van der Waals surface area contributed by atoms with E-state index in [2.05, 4.69) is 20.8 Å². The molecule has 6 nitrogen and oxygen atoms in total. The zero-order chi connectivity index (χ0) is 14.3. The van der Waals surface area contributed by atoms with Crippen LogP contribution in [-0.2, 0) is 11.2 Å². The summed E-state index contributed by atoms with van der Waals surface area (Å²) in [6.07, 6.45) is 0.861. The van der Waals surface area contributed by atoms with E-state index < -0.39 is 0 Å². The SMILES string of the molecule is CCN[C@H](C)CNC(=O)CCc1nc(C(C)C)no1.Cl. The van der Waals surface area contributed by atoms with Gasteiger partial charge in [-0.25, -0.2) is 0 Å². The minimum absolute atomic E-state index is 0. The van der Waals surface area contributed by atoms with Crippen molar-refractivity contribution in [2.24, 2.45) is 0 Å². The topological polar surface area (TPSA) is 80.0 Å². The lowest BCUT2D eigenvalue weighted by Crippen LogP contribution is -2.38. The van der Waals surface area contributed by atoms with E-state index in [9.17, 15) is 4.79 Å². The second-order valence-electron chi connectivity index (χ2n) is 4.96. The lowest BCUT2D eigenvalue weighted by molar-refractivity contribution is -0.121.